The van der Waals surface area contributed by atoms with Gasteiger partial charge in [0.2, 0.25) is 11.8 Å². The molecule has 5 atom stereocenters. The van der Waals surface area contributed by atoms with Gasteiger partial charge in [0, 0.05) is 12.5 Å². The second-order valence-electron chi connectivity index (χ2n) is 8.76. The smallest absolute Gasteiger partial charge is 0.238 e. The number of hydrogen-bond acceptors (Lipinski definition) is 5. The van der Waals surface area contributed by atoms with E-state index in [0.29, 0.717) is 37.8 Å². The summed E-state index contributed by atoms with van der Waals surface area (Å²) in [4.78, 5) is 37.9. The van der Waals surface area contributed by atoms with Crippen molar-refractivity contribution < 1.29 is 19.1 Å². The fourth-order valence-corrected chi connectivity index (χ4v) is 5.11. The number of carbonyl (C=O) groups is 3. The van der Waals surface area contributed by atoms with Crippen LogP contribution in [0.1, 0.15) is 37.7 Å². The van der Waals surface area contributed by atoms with Crippen LogP contribution in [-0.2, 0) is 25.7 Å². The molecule has 1 aromatic carbocycles. The first-order valence-electron chi connectivity index (χ1n) is 11.1. The maximum Gasteiger partial charge on any atom is 0.238 e. The van der Waals surface area contributed by atoms with Crippen molar-refractivity contribution in [2.24, 2.45) is 17.8 Å². The van der Waals surface area contributed by atoms with E-state index >= 15 is 0 Å². The van der Waals surface area contributed by atoms with E-state index < -0.39 is 6.04 Å². The van der Waals surface area contributed by atoms with Gasteiger partial charge in [-0.15, -0.1) is 12.4 Å². The van der Waals surface area contributed by atoms with Gasteiger partial charge in [-0.05, 0) is 49.6 Å². The minimum atomic E-state index is -0.704. The highest BCUT2D eigenvalue weighted by Crippen LogP contribution is 2.37. The number of halogens is 1. The van der Waals surface area contributed by atoms with E-state index in [2.05, 4.69) is 16.0 Å². The van der Waals surface area contributed by atoms with Crippen LogP contribution in [-0.4, -0.2) is 49.4 Å². The summed E-state index contributed by atoms with van der Waals surface area (Å²) in [6.07, 6.45) is 4.40. The van der Waals surface area contributed by atoms with Crippen molar-refractivity contribution in [3.63, 3.8) is 0 Å². The number of fused-ring (bicyclic) bond motifs is 1. The van der Waals surface area contributed by atoms with Crippen molar-refractivity contribution in [3.05, 3.63) is 35.9 Å². The Kier molecular flexibility index (Phi) is 8.46. The average Bonchev–Trinajstić information content (AvgIpc) is 3.46. The lowest BCUT2D eigenvalue weighted by Crippen LogP contribution is -2.51. The average molecular weight is 450 g/mol. The number of ketones is 1. The molecule has 0 unspecified atom stereocenters. The van der Waals surface area contributed by atoms with Crippen molar-refractivity contribution >= 4 is 30.0 Å². The summed E-state index contributed by atoms with van der Waals surface area (Å²) in [6, 6.07) is 8.71. The van der Waals surface area contributed by atoms with Crippen molar-refractivity contribution in [1.82, 2.24) is 16.0 Å². The molecule has 3 fully saturated rings. The van der Waals surface area contributed by atoms with E-state index in [4.69, 9.17) is 4.74 Å². The number of ether oxygens (including phenoxy) is 1. The van der Waals surface area contributed by atoms with E-state index in [1.807, 2.05) is 30.3 Å². The molecular formula is C23H32ClN3O4. The lowest BCUT2D eigenvalue weighted by molar-refractivity contribution is -0.133. The highest BCUT2D eigenvalue weighted by Gasteiger charge is 2.43. The van der Waals surface area contributed by atoms with Gasteiger partial charge in [-0.1, -0.05) is 36.8 Å². The number of nitrogens with one attached hydrogen (secondary N) is 3. The molecule has 2 saturated heterocycles. The van der Waals surface area contributed by atoms with Crippen LogP contribution in [0.15, 0.2) is 30.3 Å². The van der Waals surface area contributed by atoms with E-state index in [0.717, 1.165) is 18.5 Å². The zero-order valence-corrected chi connectivity index (χ0v) is 18.5. The van der Waals surface area contributed by atoms with E-state index in [1.165, 1.54) is 12.8 Å². The summed E-state index contributed by atoms with van der Waals surface area (Å²) in [5.74, 6) is 0.324. The molecule has 2 amide bonds. The van der Waals surface area contributed by atoms with Crippen molar-refractivity contribution in [1.29, 1.82) is 0 Å². The minimum Gasteiger partial charge on any atom is -0.369 e. The first-order chi connectivity index (χ1) is 14.6. The molecule has 7 nitrogen and oxygen atoms in total. The molecule has 1 aliphatic carbocycles. The molecule has 8 heteroatoms. The van der Waals surface area contributed by atoms with E-state index in [9.17, 15) is 14.4 Å². The first kappa shape index (κ1) is 23.7. The molecule has 3 N–H and O–H groups in total. The molecule has 0 aromatic heterocycles. The normalized spacial score (nSPS) is 27.8. The Morgan fingerprint density at radius 2 is 1.97 bits per heavy atom. The molecular weight excluding hydrogens is 418 g/mol. The third-order valence-electron chi connectivity index (χ3n) is 6.77. The van der Waals surface area contributed by atoms with Gasteiger partial charge in [0.15, 0.2) is 5.78 Å². The second-order valence-corrected chi connectivity index (χ2v) is 8.76. The van der Waals surface area contributed by atoms with Gasteiger partial charge in [0.05, 0.1) is 18.7 Å². The topological polar surface area (TPSA) is 96.5 Å². The summed E-state index contributed by atoms with van der Waals surface area (Å²) in [5, 5.41) is 9.10. The van der Waals surface area contributed by atoms with Gasteiger partial charge in [0.25, 0.3) is 0 Å². The third kappa shape index (κ3) is 5.84. The van der Waals surface area contributed by atoms with Crippen LogP contribution in [0.3, 0.4) is 0 Å². The zero-order chi connectivity index (χ0) is 20.9. The lowest BCUT2D eigenvalue weighted by atomic mass is 9.92. The lowest BCUT2D eigenvalue weighted by Gasteiger charge is -2.24. The maximum atomic E-state index is 13.0. The fraction of sp³-hybridized carbons (Fsp3) is 0.609. The Balaban J connectivity index is 0.00000272. The molecule has 0 spiro atoms. The Hall–Kier alpha value is -1.96. The van der Waals surface area contributed by atoms with Crippen molar-refractivity contribution in [2.75, 3.05) is 19.7 Å². The molecule has 1 saturated carbocycles. The summed E-state index contributed by atoms with van der Waals surface area (Å²) >= 11 is 0. The van der Waals surface area contributed by atoms with Crippen LogP contribution in [0, 0.1) is 17.8 Å². The molecule has 3 aliphatic rings. The van der Waals surface area contributed by atoms with E-state index in [-0.39, 0.29) is 48.6 Å². The Bertz CT molecular complexity index is 775. The second kappa shape index (κ2) is 11.1. The summed E-state index contributed by atoms with van der Waals surface area (Å²) < 4.78 is 5.61. The number of benzene rings is 1. The molecule has 4 rings (SSSR count). The van der Waals surface area contributed by atoms with Crippen molar-refractivity contribution in [2.45, 2.75) is 50.8 Å². The van der Waals surface area contributed by atoms with Gasteiger partial charge in [-0.2, -0.15) is 0 Å². The number of hydrogen-bond donors (Lipinski definition) is 3. The first-order valence-corrected chi connectivity index (χ1v) is 11.1. The number of amides is 2. The van der Waals surface area contributed by atoms with Gasteiger partial charge < -0.3 is 20.7 Å². The summed E-state index contributed by atoms with van der Waals surface area (Å²) in [5.41, 5.74) is 0.989. The quantitative estimate of drug-likeness (QED) is 0.532. The highest BCUT2D eigenvalue weighted by atomic mass is 35.5. The predicted octanol–water partition coefficient (Wildman–Crippen LogP) is 1.59. The molecule has 170 valence electrons. The van der Waals surface area contributed by atoms with Crippen LogP contribution in [0.2, 0.25) is 0 Å². The third-order valence-corrected chi connectivity index (χ3v) is 6.77. The minimum absolute atomic E-state index is 0. The Labute approximate surface area is 189 Å². The summed E-state index contributed by atoms with van der Waals surface area (Å²) in [6.45, 7) is 1.74. The van der Waals surface area contributed by atoms with Crippen LogP contribution in [0.4, 0.5) is 0 Å². The number of rotatable bonds is 9. The molecule has 0 bridgehead atoms. The zero-order valence-electron chi connectivity index (χ0n) is 17.7. The molecule has 31 heavy (non-hydrogen) atoms. The molecule has 2 heterocycles. The Morgan fingerprint density at radius 1 is 1.16 bits per heavy atom. The molecule has 2 aliphatic heterocycles. The van der Waals surface area contributed by atoms with Gasteiger partial charge in [0.1, 0.15) is 6.61 Å². The SMILES string of the molecule is Cl.O=C1NCC[C@H]1C[C@H](NC(=O)[C@H]1NC[C@@H]2CCC[C@@H]21)C(=O)COCc1ccccc1. The number of Topliss-reactive ketones (excluding diaryl/α,β-unsaturated/α-hetero) is 1. The predicted molar refractivity (Wildman–Crippen MR) is 119 cm³/mol. The van der Waals surface area contributed by atoms with Crippen LogP contribution in [0.5, 0.6) is 0 Å². The standard InChI is InChI=1S/C23H31N3O4.ClH/c27-20(14-30-13-15-5-2-1-3-6-15)19(11-16-9-10-24-22(16)28)26-23(29)21-18-8-4-7-17(18)12-25-21;/h1-3,5-6,16-19,21,25H,4,7-14H2,(H,24,28)(H,26,29);1H/t16-,17-,18-,19-,21-;/m0./s1. The summed E-state index contributed by atoms with van der Waals surface area (Å²) in [7, 11) is 0. The van der Waals surface area contributed by atoms with Crippen LogP contribution in [0.25, 0.3) is 0 Å². The molecule has 1 aromatic rings. The van der Waals surface area contributed by atoms with Gasteiger partial charge in [-0.3, -0.25) is 14.4 Å². The van der Waals surface area contributed by atoms with Gasteiger partial charge >= 0.3 is 0 Å². The maximum absolute atomic E-state index is 13.0. The van der Waals surface area contributed by atoms with E-state index in [1.54, 1.807) is 0 Å². The molecule has 0 radical (unpaired) electrons. The monoisotopic (exact) mass is 449 g/mol. The van der Waals surface area contributed by atoms with Gasteiger partial charge in [-0.25, -0.2) is 0 Å². The Morgan fingerprint density at radius 3 is 2.71 bits per heavy atom. The van der Waals surface area contributed by atoms with Crippen LogP contribution < -0.4 is 16.0 Å². The van der Waals surface area contributed by atoms with Crippen LogP contribution >= 0.6 is 12.4 Å². The number of carbonyl (C=O) groups excluding carboxylic acids is 3. The largest absolute Gasteiger partial charge is 0.369 e. The highest BCUT2D eigenvalue weighted by molar-refractivity contribution is 5.92. The van der Waals surface area contributed by atoms with Crippen molar-refractivity contribution in [3.8, 4) is 0 Å². The fourth-order valence-electron chi connectivity index (χ4n) is 5.11.